The van der Waals surface area contributed by atoms with Crippen LogP contribution in [0.1, 0.15) is 30.9 Å². The number of nitrogens with one attached hydrogen (secondary N) is 1. The number of nitrogens with zero attached hydrogens (tertiary/aromatic N) is 1. The first kappa shape index (κ1) is 12.7. The molecule has 1 unspecified atom stereocenters. The molecule has 1 aromatic carbocycles. The summed E-state index contributed by atoms with van der Waals surface area (Å²) in [7, 11) is 0. The zero-order chi connectivity index (χ0) is 13.6. The van der Waals surface area contributed by atoms with Crippen LogP contribution in [0, 0.1) is 19.3 Å². The van der Waals surface area contributed by atoms with Crippen molar-refractivity contribution >= 4 is 11.6 Å². The van der Waals surface area contributed by atoms with E-state index in [-0.39, 0.29) is 11.9 Å². The molecular weight excluding hydrogens is 236 g/mol. The lowest BCUT2D eigenvalue weighted by atomic mass is 10.1. The Morgan fingerprint density at radius 3 is 2.42 bits per heavy atom. The third-order valence-electron chi connectivity index (χ3n) is 4.39. The normalized spacial score (nSPS) is 25.5. The molecule has 1 aliphatic heterocycles. The molecule has 1 saturated heterocycles. The Kier molecular flexibility index (Phi) is 2.90. The van der Waals surface area contributed by atoms with Gasteiger partial charge in [0, 0.05) is 24.2 Å². The summed E-state index contributed by atoms with van der Waals surface area (Å²) in [4.78, 5) is 14.5. The van der Waals surface area contributed by atoms with Gasteiger partial charge in [0.2, 0.25) is 5.91 Å². The van der Waals surface area contributed by atoms with Gasteiger partial charge >= 0.3 is 0 Å². The highest BCUT2D eigenvalue weighted by Crippen LogP contribution is 2.47. The minimum atomic E-state index is -0.0826. The number of hydrogen-bond acceptors (Lipinski definition) is 2. The summed E-state index contributed by atoms with van der Waals surface area (Å²) < 4.78 is 0. The molecule has 19 heavy (non-hydrogen) atoms. The summed E-state index contributed by atoms with van der Waals surface area (Å²) in [5, 5.41) is 3.38. The minimum absolute atomic E-state index is 0.0826. The summed E-state index contributed by atoms with van der Waals surface area (Å²) in [5.41, 5.74) is 3.83. The maximum atomic E-state index is 12.5. The van der Waals surface area contributed by atoms with Gasteiger partial charge in [-0.15, -0.1) is 0 Å². The largest absolute Gasteiger partial charge is 0.310 e. The Morgan fingerprint density at radius 2 is 1.84 bits per heavy atom. The Bertz CT molecular complexity index is 499. The number of hydrogen-bond donors (Lipinski definition) is 1. The van der Waals surface area contributed by atoms with Gasteiger partial charge in [0.1, 0.15) is 0 Å². The molecule has 2 aliphatic rings. The second-order valence-electron chi connectivity index (χ2n) is 6.37. The van der Waals surface area contributed by atoms with E-state index in [2.05, 4.69) is 37.4 Å². The van der Waals surface area contributed by atoms with Crippen LogP contribution < -0.4 is 10.2 Å². The molecule has 1 aromatic rings. The average Bonchev–Trinajstić information content (AvgIpc) is 3.12. The van der Waals surface area contributed by atoms with Gasteiger partial charge in [-0.3, -0.25) is 4.79 Å². The molecule has 1 aliphatic carbocycles. The van der Waals surface area contributed by atoms with Gasteiger partial charge in [0.15, 0.2) is 0 Å². The second-order valence-corrected chi connectivity index (χ2v) is 6.37. The van der Waals surface area contributed by atoms with Gasteiger partial charge in [-0.2, -0.15) is 0 Å². The highest BCUT2D eigenvalue weighted by Gasteiger charge is 2.47. The van der Waals surface area contributed by atoms with E-state index in [9.17, 15) is 4.79 Å². The van der Waals surface area contributed by atoms with Crippen molar-refractivity contribution < 1.29 is 4.79 Å². The van der Waals surface area contributed by atoms with E-state index >= 15 is 0 Å². The van der Waals surface area contributed by atoms with Gasteiger partial charge in [0.25, 0.3) is 0 Å². The van der Waals surface area contributed by atoms with Gasteiger partial charge < -0.3 is 10.2 Å². The van der Waals surface area contributed by atoms with Crippen LogP contribution in [0.2, 0.25) is 0 Å². The Hall–Kier alpha value is -1.35. The topological polar surface area (TPSA) is 32.3 Å². The number of carbonyl (C=O) groups excluding carboxylic acids is 1. The summed E-state index contributed by atoms with van der Waals surface area (Å²) >= 11 is 0. The molecule has 2 fully saturated rings. The summed E-state index contributed by atoms with van der Waals surface area (Å²) in [5.74, 6) is 0.203. The fraction of sp³-hybridized carbons (Fsp3) is 0.562. The molecule has 0 radical (unpaired) electrons. The van der Waals surface area contributed by atoms with E-state index in [1.165, 1.54) is 24.0 Å². The van der Waals surface area contributed by atoms with Crippen LogP contribution in [-0.2, 0) is 4.79 Å². The Morgan fingerprint density at radius 1 is 1.21 bits per heavy atom. The fourth-order valence-corrected chi connectivity index (χ4v) is 3.00. The molecule has 1 spiro atoms. The number of rotatable bonds is 1. The van der Waals surface area contributed by atoms with E-state index in [0.29, 0.717) is 5.41 Å². The molecule has 3 heteroatoms. The predicted octanol–water partition coefficient (Wildman–Crippen LogP) is 2.41. The van der Waals surface area contributed by atoms with Crippen molar-refractivity contribution in [3.05, 3.63) is 29.3 Å². The lowest BCUT2D eigenvalue weighted by Crippen LogP contribution is -2.41. The first-order valence-corrected chi connectivity index (χ1v) is 7.12. The third kappa shape index (κ3) is 2.39. The zero-order valence-corrected chi connectivity index (χ0v) is 12.0. The number of anilines is 1. The number of amides is 1. The lowest BCUT2D eigenvalue weighted by Gasteiger charge is -2.26. The Labute approximate surface area is 115 Å². The van der Waals surface area contributed by atoms with Crippen molar-refractivity contribution in [3.63, 3.8) is 0 Å². The van der Waals surface area contributed by atoms with Crippen LogP contribution >= 0.6 is 0 Å². The summed E-state index contributed by atoms with van der Waals surface area (Å²) in [6, 6.07) is 6.32. The van der Waals surface area contributed by atoms with Crippen molar-refractivity contribution in [2.75, 3.05) is 18.0 Å². The lowest BCUT2D eigenvalue weighted by molar-refractivity contribution is -0.119. The number of carbonyl (C=O) groups is 1. The molecule has 3 rings (SSSR count). The molecule has 0 aromatic heterocycles. The first-order chi connectivity index (χ1) is 8.99. The predicted molar refractivity (Wildman–Crippen MR) is 77.4 cm³/mol. The smallest absolute Gasteiger partial charge is 0.243 e. The van der Waals surface area contributed by atoms with Crippen LogP contribution in [0.5, 0.6) is 0 Å². The fourth-order valence-electron chi connectivity index (χ4n) is 3.00. The summed E-state index contributed by atoms with van der Waals surface area (Å²) in [6.07, 6.45) is 2.47. The zero-order valence-electron chi connectivity index (χ0n) is 12.0. The van der Waals surface area contributed by atoms with Crippen LogP contribution in [0.3, 0.4) is 0 Å². The van der Waals surface area contributed by atoms with Gasteiger partial charge in [-0.1, -0.05) is 6.07 Å². The monoisotopic (exact) mass is 258 g/mol. The molecule has 3 nitrogen and oxygen atoms in total. The Balaban J connectivity index is 1.97. The van der Waals surface area contributed by atoms with E-state index in [1.54, 1.807) is 0 Å². The van der Waals surface area contributed by atoms with Gasteiger partial charge in [-0.05, 0) is 56.9 Å². The van der Waals surface area contributed by atoms with E-state index in [1.807, 2.05) is 11.8 Å². The quantitative estimate of drug-likeness (QED) is 0.839. The van der Waals surface area contributed by atoms with E-state index < -0.39 is 0 Å². The van der Waals surface area contributed by atoms with Gasteiger partial charge in [0.05, 0.1) is 6.04 Å². The number of aryl methyl sites for hydroxylation is 2. The molecule has 1 heterocycles. The van der Waals surface area contributed by atoms with Crippen LogP contribution in [0.4, 0.5) is 5.69 Å². The first-order valence-electron chi connectivity index (χ1n) is 7.12. The van der Waals surface area contributed by atoms with E-state index in [0.717, 1.165) is 18.8 Å². The molecule has 102 valence electrons. The highest BCUT2D eigenvalue weighted by atomic mass is 16.2. The standard InChI is InChI=1S/C16H22N2O/c1-11-6-12(2)8-14(7-11)18-10-16(4-5-16)9-17-13(3)15(18)19/h6-8,13,17H,4-5,9-10H2,1-3H3. The maximum Gasteiger partial charge on any atom is 0.243 e. The van der Waals surface area contributed by atoms with Crippen molar-refractivity contribution in [2.24, 2.45) is 5.41 Å². The molecule has 1 atom stereocenters. The third-order valence-corrected chi connectivity index (χ3v) is 4.39. The van der Waals surface area contributed by atoms with Crippen molar-refractivity contribution in [1.82, 2.24) is 5.32 Å². The van der Waals surface area contributed by atoms with Crippen LogP contribution in [0.15, 0.2) is 18.2 Å². The van der Waals surface area contributed by atoms with Crippen molar-refractivity contribution in [3.8, 4) is 0 Å². The molecular formula is C16H22N2O. The van der Waals surface area contributed by atoms with Crippen LogP contribution in [0.25, 0.3) is 0 Å². The molecule has 1 amide bonds. The maximum absolute atomic E-state index is 12.5. The van der Waals surface area contributed by atoms with E-state index in [4.69, 9.17) is 0 Å². The van der Waals surface area contributed by atoms with Gasteiger partial charge in [-0.25, -0.2) is 0 Å². The highest BCUT2D eigenvalue weighted by molar-refractivity contribution is 5.97. The average molecular weight is 258 g/mol. The SMILES string of the molecule is Cc1cc(C)cc(N2CC3(CC3)CNC(C)C2=O)c1. The minimum Gasteiger partial charge on any atom is -0.310 e. The van der Waals surface area contributed by atoms with Crippen molar-refractivity contribution in [2.45, 2.75) is 39.7 Å². The molecule has 0 bridgehead atoms. The number of benzene rings is 1. The molecule has 1 saturated carbocycles. The second kappa shape index (κ2) is 4.34. The summed E-state index contributed by atoms with van der Waals surface area (Å²) in [6.45, 7) is 7.99. The molecule has 1 N–H and O–H groups in total. The van der Waals surface area contributed by atoms with Crippen LogP contribution in [-0.4, -0.2) is 25.0 Å². The van der Waals surface area contributed by atoms with Crippen molar-refractivity contribution in [1.29, 1.82) is 0 Å².